The van der Waals surface area contributed by atoms with Crippen molar-refractivity contribution in [3.8, 4) is 11.3 Å². The highest BCUT2D eigenvalue weighted by molar-refractivity contribution is 7.07. The number of nitrogens with zero attached hydrogens (tertiary/aromatic N) is 3. The normalized spacial score (nSPS) is 12.2. The van der Waals surface area contributed by atoms with Crippen LogP contribution in [0.15, 0.2) is 76.3 Å². The number of hydrogen-bond acceptors (Lipinski definition) is 3. The van der Waals surface area contributed by atoms with E-state index in [0.717, 1.165) is 27.4 Å². The van der Waals surface area contributed by atoms with Crippen LogP contribution in [0.25, 0.3) is 11.3 Å². The zero-order valence-corrected chi connectivity index (χ0v) is 17.0. The van der Waals surface area contributed by atoms with E-state index in [4.69, 9.17) is 10.1 Å². The van der Waals surface area contributed by atoms with E-state index >= 15 is 0 Å². The van der Waals surface area contributed by atoms with Crippen molar-refractivity contribution in [1.82, 2.24) is 9.66 Å². The molecule has 5 heteroatoms. The number of aromatic nitrogens is 2. The Labute approximate surface area is 168 Å². The molecule has 4 aromatic rings. The summed E-state index contributed by atoms with van der Waals surface area (Å²) in [5.74, 6) is 0. The molecule has 0 bridgehead atoms. The van der Waals surface area contributed by atoms with E-state index in [2.05, 4.69) is 67.5 Å². The lowest BCUT2D eigenvalue weighted by atomic mass is 10.1. The largest absolute Gasteiger partial charge is 0.360 e. The van der Waals surface area contributed by atoms with Gasteiger partial charge in [-0.05, 0) is 56.2 Å². The molecule has 2 aromatic carbocycles. The van der Waals surface area contributed by atoms with Crippen LogP contribution >= 0.6 is 11.3 Å². The third kappa shape index (κ3) is 3.89. The van der Waals surface area contributed by atoms with Gasteiger partial charge >= 0.3 is 0 Å². The Hall–Kier alpha value is -3.18. The van der Waals surface area contributed by atoms with Gasteiger partial charge in [-0.3, -0.25) is 0 Å². The number of aryl methyl sites for hydroxylation is 3. The summed E-state index contributed by atoms with van der Waals surface area (Å²) in [5.41, 5.74) is 7.76. The standard InChI is InChI=1S/C23H22N4S/c1-16-6-9-19(10-7-16)22-15-28-23(26-20-11-8-17(2)18(3)13-20)27(22)25-14-21-5-4-12-24-21/h4-15,24H,1-3H3. The number of thiazole rings is 1. The average molecular weight is 387 g/mol. The molecule has 0 fully saturated rings. The summed E-state index contributed by atoms with van der Waals surface area (Å²) in [6, 6.07) is 18.7. The van der Waals surface area contributed by atoms with Gasteiger partial charge in [0.05, 0.1) is 23.3 Å². The van der Waals surface area contributed by atoms with Crippen molar-refractivity contribution in [3.05, 3.63) is 93.4 Å². The van der Waals surface area contributed by atoms with Gasteiger partial charge < -0.3 is 4.98 Å². The molecule has 140 valence electrons. The summed E-state index contributed by atoms with van der Waals surface area (Å²) >= 11 is 1.59. The van der Waals surface area contributed by atoms with E-state index in [1.54, 1.807) is 11.3 Å². The molecule has 0 saturated heterocycles. The average Bonchev–Trinajstić information content (AvgIpc) is 3.34. The molecule has 0 atom stereocenters. The lowest BCUT2D eigenvalue weighted by molar-refractivity contribution is 0.854. The number of H-pyrrole nitrogens is 1. The zero-order valence-electron chi connectivity index (χ0n) is 16.2. The smallest absolute Gasteiger partial charge is 0.211 e. The lowest BCUT2D eigenvalue weighted by Crippen LogP contribution is -2.11. The van der Waals surface area contributed by atoms with Crippen LogP contribution in [0.4, 0.5) is 5.69 Å². The van der Waals surface area contributed by atoms with Crippen molar-refractivity contribution in [1.29, 1.82) is 0 Å². The van der Waals surface area contributed by atoms with E-state index < -0.39 is 0 Å². The summed E-state index contributed by atoms with van der Waals surface area (Å²) < 4.78 is 1.91. The highest BCUT2D eigenvalue weighted by Gasteiger charge is 2.08. The van der Waals surface area contributed by atoms with E-state index in [1.165, 1.54) is 16.7 Å². The van der Waals surface area contributed by atoms with Crippen LogP contribution in [0.1, 0.15) is 22.4 Å². The molecule has 0 saturated carbocycles. The monoisotopic (exact) mass is 386 g/mol. The summed E-state index contributed by atoms with van der Waals surface area (Å²) in [6.07, 6.45) is 3.71. The second kappa shape index (κ2) is 7.82. The van der Waals surface area contributed by atoms with Gasteiger partial charge in [0.15, 0.2) is 0 Å². The molecular weight excluding hydrogens is 364 g/mol. The topological polar surface area (TPSA) is 45.4 Å². The zero-order chi connectivity index (χ0) is 19.5. The third-order valence-electron chi connectivity index (χ3n) is 4.68. The van der Waals surface area contributed by atoms with Gasteiger partial charge in [0, 0.05) is 17.1 Å². The molecule has 0 aliphatic carbocycles. The quantitative estimate of drug-likeness (QED) is 0.445. The summed E-state index contributed by atoms with van der Waals surface area (Å²) in [4.78, 5) is 8.86. The number of benzene rings is 2. The van der Waals surface area contributed by atoms with E-state index in [1.807, 2.05) is 35.3 Å². The molecular formula is C23H22N4S. The van der Waals surface area contributed by atoms with Crippen molar-refractivity contribution in [2.75, 3.05) is 0 Å². The molecule has 4 nitrogen and oxygen atoms in total. The molecule has 4 rings (SSSR count). The maximum absolute atomic E-state index is 4.86. The fourth-order valence-electron chi connectivity index (χ4n) is 2.86. The first-order valence-electron chi connectivity index (χ1n) is 9.17. The fourth-order valence-corrected chi connectivity index (χ4v) is 3.72. The second-order valence-corrected chi connectivity index (χ2v) is 7.67. The first-order valence-corrected chi connectivity index (χ1v) is 10.1. The van der Waals surface area contributed by atoms with Crippen LogP contribution < -0.4 is 4.80 Å². The van der Waals surface area contributed by atoms with Gasteiger partial charge in [0.25, 0.3) is 0 Å². The predicted molar refractivity (Wildman–Crippen MR) is 117 cm³/mol. The highest BCUT2D eigenvalue weighted by Crippen LogP contribution is 2.22. The number of nitrogens with one attached hydrogen (secondary N) is 1. The van der Waals surface area contributed by atoms with Crippen molar-refractivity contribution < 1.29 is 0 Å². The predicted octanol–water partition coefficient (Wildman–Crippen LogP) is 5.58. The van der Waals surface area contributed by atoms with Gasteiger partial charge in [-0.1, -0.05) is 35.9 Å². The Morgan fingerprint density at radius 2 is 1.79 bits per heavy atom. The Morgan fingerprint density at radius 1 is 0.964 bits per heavy atom. The molecule has 0 aliphatic heterocycles. The summed E-state index contributed by atoms with van der Waals surface area (Å²) in [6.45, 7) is 6.31. The van der Waals surface area contributed by atoms with Crippen molar-refractivity contribution in [3.63, 3.8) is 0 Å². The molecule has 28 heavy (non-hydrogen) atoms. The molecule has 2 heterocycles. The summed E-state index contributed by atoms with van der Waals surface area (Å²) in [5, 5.41) is 6.83. The van der Waals surface area contributed by atoms with Crippen LogP contribution in [0.3, 0.4) is 0 Å². The first kappa shape index (κ1) is 18.2. The maximum atomic E-state index is 4.86. The number of rotatable bonds is 4. The maximum Gasteiger partial charge on any atom is 0.211 e. The minimum atomic E-state index is 0.835. The van der Waals surface area contributed by atoms with E-state index in [-0.39, 0.29) is 0 Å². The van der Waals surface area contributed by atoms with Crippen LogP contribution in [-0.2, 0) is 0 Å². The van der Waals surface area contributed by atoms with Gasteiger partial charge in [0.2, 0.25) is 4.80 Å². The van der Waals surface area contributed by atoms with Crippen LogP contribution in [-0.4, -0.2) is 15.9 Å². The lowest BCUT2D eigenvalue weighted by Gasteiger charge is -2.04. The Bertz CT molecular complexity index is 1180. The molecule has 2 aromatic heterocycles. The molecule has 0 unspecified atom stereocenters. The Kier molecular flexibility index (Phi) is 5.08. The second-order valence-electron chi connectivity index (χ2n) is 6.83. The van der Waals surface area contributed by atoms with E-state index in [0.29, 0.717) is 0 Å². The van der Waals surface area contributed by atoms with Crippen LogP contribution in [0.5, 0.6) is 0 Å². The summed E-state index contributed by atoms with van der Waals surface area (Å²) in [7, 11) is 0. The molecule has 0 amide bonds. The van der Waals surface area contributed by atoms with Gasteiger partial charge in [-0.15, -0.1) is 11.3 Å². The molecule has 0 spiro atoms. The first-order chi connectivity index (χ1) is 13.6. The van der Waals surface area contributed by atoms with E-state index in [9.17, 15) is 0 Å². The van der Waals surface area contributed by atoms with Crippen LogP contribution in [0.2, 0.25) is 0 Å². The minimum absolute atomic E-state index is 0.835. The number of hydrogen-bond donors (Lipinski definition) is 1. The van der Waals surface area contributed by atoms with Crippen molar-refractivity contribution in [2.45, 2.75) is 20.8 Å². The van der Waals surface area contributed by atoms with Crippen molar-refractivity contribution in [2.24, 2.45) is 10.1 Å². The molecule has 1 N–H and O–H groups in total. The van der Waals surface area contributed by atoms with Crippen molar-refractivity contribution >= 4 is 23.2 Å². The molecule has 0 radical (unpaired) electrons. The third-order valence-corrected chi connectivity index (χ3v) is 5.50. The Balaban J connectivity index is 1.84. The number of aromatic amines is 1. The highest BCUT2D eigenvalue weighted by atomic mass is 32.1. The SMILES string of the molecule is Cc1ccc(-c2csc(=Nc3ccc(C)c(C)c3)n2N=Cc2ccc[nH]2)cc1. The van der Waals surface area contributed by atoms with Crippen LogP contribution in [0, 0.1) is 20.8 Å². The molecule has 0 aliphatic rings. The van der Waals surface area contributed by atoms with Gasteiger partial charge in [-0.2, -0.15) is 5.10 Å². The fraction of sp³-hybridized carbons (Fsp3) is 0.130. The van der Waals surface area contributed by atoms with Gasteiger partial charge in [0.1, 0.15) is 0 Å². The minimum Gasteiger partial charge on any atom is -0.360 e. The Morgan fingerprint density at radius 3 is 2.50 bits per heavy atom. The van der Waals surface area contributed by atoms with Gasteiger partial charge in [-0.25, -0.2) is 9.67 Å².